The van der Waals surface area contributed by atoms with Gasteiger partial charge < -0.3 is 4.90 Å². The predicted octanol–water partition coefficient (Wildman–Crippen LogP) is 2.73. The molecule has 0 aliphatic heterocycles. The zero-order valence-corrected chi connectivity index (χ0v) is 11.4. The third kappa shape index (κ3) is 2.83. The largest absolute Gasteiger partial charge is 0.322 e. The highest BCUT2D eigenvalue weighted by molar-refractivity contribution is 5.94. The fourth-order valence-electron chi connectivity index (χ4n) is 1.94. The van der Waals surface area contributed by atoms with Crippen LogP contribution in [-0.4, -0.2) is 22.8 Å². The van der Waals surface area contributed by atoms with Crippen molar-refractivity contribution >= 4 is 5.91 Å². The van der Waals surface area contributed by atoms with Crippen molar-refractivity contribution in [1.29, 1.82) is 5.26 Å². The molecule has 1 unspecified atom stereocenters. The molecule has 1 atom stereocenters. The molecule has 0 aliphatic rings. The number of aromatic nitrogens is 1. The van der Waals surface area contributed by atoms with Gasteiger partial charge in [-0.1, -0.05) is 23.8 Å². The quantitative estimate of drug-likeness (QED) is 0.857. The van der Waals surface area contributed by atoms with Crippen LogP contribution < -0.4 is 0 Å². The van der Waals surface area contributed by atoms with Crippen LogP contribution in [0.5, 0.6) is 0 Å². The fraction of sp³-hybridized carbons (Fsp3) is 0.188. The van der Waals surface area contributed by atoms with Crippen LogP contribution in [-0.2, 0) is 0 Å². The van der Waals surface area contributed by atoms with Gasteiger partial charge in [-0.15, -0.1) is 0 Å². The summed E-state index contributed by atoms with van der Waals surface area (Å²) < 4.78 is 0. The highest BCUT2D eigenvalue weighted by atomic mass is 16.2. The molecule has 100 valence electrons. The first-order chi connectivity index (χ1) is 9.63. The minimum absolute atomic E-state index is 0.180. The lowest BCUT2D eigenvalue weighted by atomic mass is 10.1. The predicted molar refractivity (Wildman–Crippen MR) is 75.9 cm³/mol. The summed E-state index contributed by atoms with van der Waals surface area (Å²) in [6.45, 7) is 1.96. The van der Waals surface area contributed by atoms with E-state index in [-0.39, 0.29) is 5.91 Å². The van der Waals surface area contributed by atoms with Crippen molar-refractivity contribution in [2.75, 3.05) is 7.05 Å². The van der Waals surface area contributed by atoms with E-state index < -0.39 is 6.04 Å². The Morgan fingerprint density at radius 3 is 2.55 bits per heavy atom. The second-order valence-electron chi connectivity index (χ2n) is 4.60. The molecule has 1 aromatic heterocycles. The normalized spacial score (nSPS) is 11.4. The van der Waals surface area contributed by atoms with Crippen LogP contribution in [0.2, 0.25) is 0 Å². The number of amides is 1. The van der Waals surface area contributed by atoms with Crippen molar-refractivity contribution in [2.45, 2.75) is 13.0 Å². The maximum atomic E-state index is 12.4. The number of nitriles is 1. The van der Waals surface area contributed by atoms with Gasteiger partial charge in [0.25, 0.3) is 5.91 Å². The standard InChI is InChI=1S/C16H15N3O/c1-12-5-7-13(8-6-12)16(20)19(2)15(10-17)14-4-3-9-18-11-14/h3-9,11,15H,1-2H3. The number of hydrogen-bond acceptors (Lipinski definition) is 3. The summed E-state index contributed by atoms with van der Waals surface area (Å²) in [6.07, 6.45) is 3.24. The maximum Gasteiger partial charge on any atom is 0.254 e. The molecular formula is C16H15N3O. The molecule has 2 rings (SSSR count). The topological polar surface area (TPSA) is 57.0 Å². The van der Waals surface area contributed by atoms with Gasteiger partial charge in [-0.3, -0.25) is 9.78 Å². The molecule has 4 nitrogen and oxygen atoms in total. The van der Waals surface area contributed by atoms with E-state index in [9.17, 15) is 10.1 Å². The summed E-state index contributed by atoms with van der Waals surface area (Å²) in [5, 5.41) is 9.32. The van der Waals surface area contributed by atoms with E-state index in [2.05, 4.69) is 11.1 Å². The SMILES string of the molecule is Cc1ccc(C(=O)N(C)C(C#N)c2cccnc2)cc1. The van der Waals surface area contributed by atoms with Gasteiger partial charge in [0.2, 0.25) is 0 Å². The molecule has 1 aromatic carbocycles. The Morgan fingerprint density at radius 2 is 2.00 bits per heavy atom. The molecule has 0 spiro atoms. The second-order valence-corrected chi connectivity index (χ2v) is 4.60. The summed E-state index contributed by atoms with van der Waals surface area (Å²) in [7, 11) is 1.63. The van der Waals surface area contributed by atoms with Gasteiger partial charge in [0, 0.05) is 30.6 Å². The van der Waals surface area contributed by atoms with Crippen molar-refractivity contribution in [3.05, 3.63) is 65.5 Å². The Kier molecular flexibility index (Phi) is 4.11. The highest BCUT2D eigenvalue weighted by Crippen LogP contribution is 2.19. The molecular weight excluding hydrogens is 250 g/mol. The summed E-state index contributed by atoms with van der Waals surface area (Å²) in [5.41, 5.74) is 2.37. The van der Waals surface area contributed by atoms with E-state index >= 15 is 0 Å². The zero-order valence-electron chi connectivity index (χ0n) is 11.4. The van der Waals surface area contributed by atoms with Crippen molar-refractivity contribution in [2.24, 2.45) is 0 Å². The number of aryl methyl sites for hydroxylation is 1. The molecule has 20 heavy (non-hydrogen) atoms. The first-order valence-corrected chi connectivity index (χ1v) is 6.27. The van der Waals surface area contributed by atoms with Crippen molar-refractivity contribution in [1.82, 2.24) is 9.88 Å². The van der Waals surface area contributed by atoms with Gasteiger partial charge in [0.1, 0.15) is 6.04 Å². The average molecular weight is 265 g/mol. The van der Waals surface area contributed by atoms with Crippen LogP contribution in [0.15, 0.2) is 48.8 Å². The van der Waals surface area contributed by atoms with Crippen LogP contribution in [0, 0.1) is 18.3 Å². The van der Waals surface area contributed by atoms with E-state index in [0.717, 1.165) is 5.56 Å². The summed E-state index contributed by atoms with van der Waals surface area (Å²) in [5.74, 6) is -0.180. The van der Waals surface area contributed by atoms with E-state index in [1.807, 2.05) is 19.1 Å². The average Bonchev–Trinajstić information content (AvgIpc) is 2.49. The first-order valence-electron chi connectivity index (χ1n) is 6.27. The Balaban J connectivity index is 2.25. The molecule has 4 heteroatoms. The molecule has 0 N–H and O–H groups in total. The van der Waals surface area contributed by atoms with E-state index in [4.69, 9.17) is 0 Å². The Bertz CT molecular complexity index is 629. The maximum absolute atomic E-state index is 12.4. The number of nitrogens with zero attached hydrogens (tertiary/aromatic N) is 3. The number of benzene rings is 1. The Labute approximate surface area is 118 Å². The highest BCUT2D eigenvalue weighted by Gasteiger charge is 2.22. The molecule has 1 amide bonds. The monoisotopic (exact) mass is 265 g/mol. The lowest BCUT2D eigenvalue weighted by Gasteiger charge is -2.22. The Morgan fingerprint density at radius 1 is 1.30 bits per heavy atom. The Hall–Kier alpha value is -2.67. The lowest BCUT2D eigenvalue weighted by Crippen LogP contribution is -2.30. The summed E-state index contributed by atoms with van der Waals surface area (Å²) in [4.78, 5) is 17.8. The van der Waals surface area contributed by atoms with Gasteiger partial charge in [-0.05, 0) is 25.1 Å². The fourth-order valence-corrected chi connectivity index (χ4v) is 1.94. The molecule has 2 aromatic rings. The molecule has 0 bridgehead atoms. The number of rotatable bonds is 3. The van der Waals surface area contributed by atoms with Crippen molar-refractivity contribution in [3.8, 4) is 6.07 Å². The minimum Gasteiger partial charge on any atom is -0.322 e. The second kappa shape index (κ2) is 5.98. The van der Waals surface area contributed by atoms with Crippen LogP contribution in [0.4, 0.5) is 0 Å². The molecule has 0 saturated heterocycles. The van der Waals surface area contributed by atoms with Gasteiger partial charge in [-0.25, -0.2) is 0 Å². The number of carbonyl (C=O) groups excluding carboxylic acids is 1. The molecule has 0 saturated carbocycles. The first kappa shape index (κ1) is 13.8. The van der Waals surface area contributed by atoms with E-state index in [1.165, 1.54) is 4.90 Å². The zero-order chi connectivity index (χ0) is 14.5. The molecule has 0 aliphatic carbocycles. The molecule has 0 radical (unpaired) electrons. The summed E-state index contributed by atoms with van der Waals surface area (Å²) in [6, 6.07) is 12.4. The third-order valence-electron chi connectivity index (χ3n) is 3.13. The van der Waals surface area contributed by atoms with Crippen LogP contribution in [0.1, 0.15) is 27.5 Å². The minimum atomic E-state index is -0.641. The van der Waals surface area contributed by atoms with Gasteiger partial charge >= 0.3 is 0 Å². The van der Waals surface area contributed by atoms with Gasteiger partial charge in [-0.2, -0.15) is 5.26 Å². The smallest absolute Gasteiger partial charge is 0.254 e. The van der Waals surface area contributed by atoms with Crippen LogP contribution in [0.3, 0.4) is 0 Å². The van der Waals surface area contributed by atoms with Crippen molar-refractivity contribution in [3.63, 3.8) is 0 Å². The van der Waals surface area contributed by atoms with E-state index in [0.29, 0.717) is 11.1 Å². The van der Waals surface area contributed by atoms with Crippen LogP contribution in [0.25, 0.3) is 0 Å². The van der Waals surface area contributed by atoms with Gasteiger partial charge in [0.05, 0.1) is 6.07 Å². The van der Waals surface area contributed by atoms with E-state index in [1.54, 1.807) is 43.7 Å². The lowest BCUT2D eigenvalue weighted by molar-refractivity contribution is 0.0763. The molecule has 1 heterocycles. The number of hydrogen-bond donors (Lipinski definition) is 0. The number of pyridine rings is 1. The number of carbonyl (C=O) groups is 1. The van der Waals surface area contributed by atoms with Gasteiger partial charge in [0.15, 0.2) is 0 Å². The van der Waals surface area contributed by atoms with Crippen molar-refractivity contribution < 1.29 is 4.79 Å². The van der Waals surface area contributed by atoms with Crippen LogP contribution >= 0.6 is 0 Å². The molecule has 0 fully saturated rings. The third-order valence-corrected chi connectivity index (χ3v) is 3.13. The summed E-state index contributed by atoms with van der Waals surface area (Å²) >= 11 is 0.